The number of hydrogen-bond acceptors (Lipinski definition) is 3. The predicted molar refractivity (Wildman–Crippen MR) is 126 cm³/mol. The lowest BCUT2D eigenvalue weighted by Gasteiger charge is -2.44. The topological polar surface area (TPSA) is 40.1 Å². The molecular formula is C21H43IN4O. The van der Waals surface area contributed by atoms with E-state index in [4.69, 9.17) is 9.73 Å². The summed E-state index contributed by atoms with van der Waals surface area (Å²) in [5.74, 6) is 2.68. The van der Waals surface area contributed by atoms with Crippen LogP contribution in [-0.2, 0) is 4.74 Å². The highest BCUT2D eigenvalue weighted by atomic mass is 127. The molecular weight excluding hydrogens is 451 g/mol. The van der Waals surface area contributed by atoms with Crippen molar-refractivity contribution in [3.05, 3.63) is 0 Å². The Bertz CT molecular complexity index is 440. The Morgan fingerprint density at radius 2 is 1.89 bits per heavy atom. The normalized spacial score (nSPS) is 27.3. The van der Waals surface area contributed by atoms with Crippen LogP contribution in [0.2, 0.25) is 0 Å². The van der Waals surface area contributed by atoms with Crippen molar-refractivity contribution >= 4 is 29.9 Å². The summed E-state index contributed by atoms with van der Waals surface area (Å²) >= 11 is 0. The zero-order valence-electron chi connectivity index (χ0n) is 18.3. The lowest BCUT2D eigenvalue weighted by atomic mass is 9.75. The summed E-state index contributed by atoms with van der Waals surface area (Å²) < 4.78 is 5.49. The summed E-state index contributed by atoms with van der Waals surface area (Å²) in [7, 11) is 6.65. The maximum absolute atomic E-state index is 5.49. The second-order valence-electron chi connectivity index (χ2n) is 8.76. The highest BCUT2D eigenvalue weighted by Gasteiger charge is 2.37. The van der Waals surface area contributed by atoms with Gasteiger partial charge in [0.2, 0.25) is 0 Å². The van der Waals surface area contributed by atoms with Crippen LogP contribution in [0.4, 0.5) is 0 Å². The largest absolute Gasteiger partial charge is 0.381 e. The van der Waals surface area contributed by atoms with Crippen LogP contribution in [-0.4, -0.2) is 75.3 Å². The number of halogens is 1. The van der Waals surface area contributed by atoms with E-state index >= 15 is 0 Å². The van der Waals surface area contributed by atoms with Gasteiger partial charge in [-0.25, -0.2) is 0 Å². The van der Waals surface area contributed by atoms with Gasteiger partial charge in [-0.3, -0.25) is 4.99 Å². The molecule has 0 aromatic carbocycles. The summed E-state index contributed by atoms with van der Waals surface area (Å²) in [4.78, 5) is 9.85. The Balaban J connectivity index is 0.00000364. The SMILES string of the molecule is CCNC(=NCC1(N(C)C)CCCC(C)C1)N(C)CCC1CCOCC1.I. The van der Waals surface area contributed by atoms with Crippen LogP contribution in [0.1, 0.15) is 58.8 Å². The van der Waals surface area contributed by atoms with Gasteiger partial charge in [-0.1, -0.05) is 19.8 Å². The molecule has 0 radical (unpaired) electrons. The van der Waals surface area contributed by atoms with E-state index in [1.807, 2.05) is 0 Å². The van der Waals surface area contributed by atoms with Gasteiger partial charge >= 0.3 is 0 Å². The van der Waals surface area contributed by atoms with Crippen LogP contribution in [0.3, 0.4) is 0 Å². The Hall–Kier alpha value is -0.0800. The lowest BCUT2D eigenvalue weighted by Crippen LogP contribution is -2.51. The van der Waals surface area contributed by atoms with Gasteiger partial charge in [0.25, 0.3) is 0 Å². The minimum absolute atomic E-state index is 0. The third kappa shape index (κ3) is 7.69. The molecule has 160 valence electrons. The standard InChI is InChI=1S/C21H42N4O.HI/c1-6-22-20(25(5)13-9-19-10-14-26-15-11-19)23-17-21(24(3)4)12-7-8-18(2)16-21;/h18-19H,6-17H2,1-5H3,(H,22,23);1H. The number of hydrogen-bond donors (Lipinski definition) is 1. The van der Waals surface area contributed by atoms with E-state index < -0.39 is 0 Å². The Morgan fingerprint density at radius 3 is 2.48 bits per heavy atom. The molecule has 1 aliphatic carbocycles. The van der Waals surface area contributed by atoms with E-state index in [-0.39, 0.29) is 29.5 Å². The smallest absolute Gasteiger partial charge is 0.193 e. The van der Waals surface area contributed by atoms with Crippen LogP contribution in [0.15, 0.2) is 4.99 Å². The van der Waals surface area contributed by atoms with Crippen molar-refractivity contribution in [2.45, 2.75) is 64.3 Å². The van der Waals surface area contributed by atoms with Crippen LogP contribution in [0, 0.1) is 11.8 Å². The molecule has 0 spiro atoms. The van der Waals surface area contributed by atoms with E-state index in [0.717, 1.165) is 50.6 Å². The molecule has 1 heterocycles. The molecule has 2 unspecified atom stereocenters. The minimum Gasteiger partial charge on any atom is -0.381 e. The molecule has 0 bridgehead atoms. The quantitative estimate of drug-likeness (QED) is 0.332. The van der Waals surface area contributed by atoms with Gasteiger partial charge in [-0.2, -0.15) is 0 Å². The van der Waals surface area contributed by atoms with Gasteiger partial charge in [-0.05, 0) is 65.0 Å². The fourth-order valence-electron chi connectivity index (χ4n) is 4.53. The van der Waals surface area contributed by atoms with Crippen molar-refractivity contribution < 1.29 is 4.74 Å². The first-order valence-electron chi connectivity index (χ1n) is 10.7. The average molecular weight is 495 g/mol. The van der Waals surface area contributed by atoms with Gasteiger partial charge in [0.1, 0.15) is 0 Å². The first-order valence-corrected chi connectivity index (χ1v) is 10.7. The molecule has 0 amide bonds. The van der Waals surface area contributed by atoms with Gasteiger partial charge in [0.15, 0.2) is 5.96 Å². The lowest BCUT2D eigenvalue weighted by molar-refractivity contribution is 0.0625. The third-order valence-electron chi connectivity index (χ3n) is 6.45. The summed E-state index contributed by atoms with van der Waals surface area (Å²) in [6, 6.07) is 0. The molecule has 1 saturated carbocycles. The molecule has 27 heavy (non-hydrogen) atoms. The predicted octanol–water partition coefficient (Wildman–Crippen LogP) is 3.83. The van der Waals surface area contributed by atoms with Crippen molar-refractivity contribution in [3.8, 4) is 0 Å². The number of nitrogens with zero attached hydrogens (tertiary/aromatic N) is 3. The number of likely N-dealkylation sites (N-methyl/N-ethyl adjacent to an activating group) is 1. The van der Waals surface area contributed by atoms with Gasteiger partial charge in [-0.15, -0.1) is 24.0 Å². The van der Waals surface area contributed by atoms with E-state index in [2.05, 4.69) is 50.1 Å². The van der Waals surface area contributed by atoms with Crippen LogP contribution in [0.5, 0.6) is 0 Å². The molecule has 2 fully saturated rings. The monoisotopic (exact) mass is 494 g/mol. The van der Waals surface area contributed by atoms with Crippen molar-refractivity contribution in [1.29, 1.82) is 0 Å². The maximum Gasteiger partial charge on any atom is 0.193 e. The number of nitrogens with one attached hydrogen (secondary N) is 1. The molecule has 2 rings (SSSR count). The van der Waals surface area contributed by atoms with Crippen LogP contribution >= 0.6 is 24.0 Å². The number of aliphatic imine (C=N–C) groups is 1. The second kappa shape index (κ2) is 12.5. The average Bonchev–Trinajstić information content (AvgIpc) is 2.64. The molecule has 6 heteroatoms. The van der Waals surface area contributed by atoms with Crippen molar-refractivity contribution in [2.75, 3.05) is 54.0 Å². The summed E-state index contributed by atoms with van der Waals surface area (Å²) in [6.45, 7) is 9.32. The van der Waals surface area contributed by atoms with Crippen molar-refractivity contribution in [3.63, 3.8) is 0 Å². The Kier molecular flexibility index (Phi) is 11.5. The highest BCUT2D eigenvalue weighted by molar-refractivity contribution is 14.0. The van der Waals surface area contributed by atoms with E-state index in [1.165, 1.54) is 44.9 Å². The second-order valence-corrected chi connectivity index (χ2v) is 8.76. The van der Waals surface area contributed by atoms with Crippen LogP contribution < -0.4 is 5.32 Å². The molecule has 0 aromatic heterocycles. The molecule has 2 aliphatic rings. The number of rotatable bonds is 7. The number of ether oxygens (including phenoxy) is 1. The first kappa shape index (κ1) is 25.0. The summed E-state index contributed by atoms with van der Waals surface area (Å²) in [5.41, 5.74) is 0.222. The fraction of sp³-hybridized carbons (Fsp3) is 0.952. The number of guanidine groups is 1. The van der Waals surface area contributed by atoms with Crippen molar-refractivity contribution in [1.82, 2.24) is 15.1 Å². The maximum atomic E-state index is 5.49. The van der Waals surface area contributed by atoms with Crippen molar-refractivity contribution in [2.24, 2.45) is 16.8 Å². The highest BCUT2D eigenvalue weighted by Crippen LogP contribution is 2.36. The van der Waals surface area contributed by atoms with Gasteiger partial charge in [0.05, 0.1) is 6.54 Å². The molecule has 0 aromatic rings. The van der Waals surface area contributed by atoms with Gasteiger partial charge < -0.3 is 19.9 Å². The third-order valence-corrected chi connectivity index (χ3v) is 6.45. The molecule has 1 N–H and O–H groups in total. The van der Waals surface area contributed by atoms with E-state index in [1.54, 1.807) is 0 Å². The zero-order valence-corrected chi connectivity index (χ0v) is 20.6. The Labute approximate surface area is 184 Å². The first-order chi connectivity index (χ1) is 12.5. The van der Waals surface area contributed by atoms with E-state index in [0.29, 0.717) is 0 Å². The fourth-order valence-corrected chi connectivity index (χ4v) is 4.53. The van der Waals surface area contributed by atoms with Gasteiger partial charge in [0, 0.05) is 38.9 Å². The summed E-state index contributed by atoms with van der Waals surface area (Å²) in [5, 5.41) is 3.51. The molecule has 5 nitrogen and oxygen atoms in total. The zero-order chi connectivity index (χ0) is 19.0. The molecule has 1 saturated heterocycles. The summed E-state index contributed by atoms with van der Waals surface area (Å²) in [6.07, 6.45) is 8.87. The minimum atomic E-state index is 0. The van der Waals surface area contributed by atoms with E-state index in [9.17, 15) is 0 Å². The molecule has 2 atom stereocenters. The van der Waals surface area contributed by atoms with Crippen LogP contribution in [0.25, 0.3) is 0 Å². The Morgan fingerprint density at radius 1 is 1.19 bits per heavy atom. The molecule has 1 aliphatic heterocycles.